The van der Waals surface area contributed by atoms with Crippen molar-refractivity contribution in [1.82, 2.24) is 9.97 Å². The van der Waals surface area contributed by atoms with E-state index in [0.29, 0.717) is 11.7 Å². The van der Waals surface area contributed by atoms with Crippen molar-refractivity contribution < 1.29 is 5.11 Å². The summed E-state index contributed by atoms with van der Waals surface area (Å²) in [6.45, 7) is 2.02. The number of nitrogen functional groups attached to an aromatic ring is 2. The lowest BCUT2D eigenvalue weighted by molar-refractivity contribution is 0.203. The second-order valence-electron chi connectivity index (χ2n) is 4.12. The van der Waals surface area contributed by atoms with Gasteiger partial charge >= 0.3 is 0 Å². The molecule has 1 aromatic rings. The molecule has 0 unspecified atom stereocenters. The highest BCUT2D eigenvalue weighted by atomic mass is 16.3. The second-order valence-corrected chi connectivity index (χ2v) is 4.12. The predicted octanol–water partition coefficient (Wildman–Crippen LogP) is -0.150. The molecule has 2 rings (SSSR count). The van der Waals surface area contributed by atoms with Crippen molar-refractivity contribution in [2.75, 3.05) is 36.1 Å². The zero-order valence-electron chi connectivity index (χ0n) is 9.13. The summed E-state index contributed by atoms with van der Waals surface area (Å²) in [5.74, 6) is 1.79. The standard InChI is InChI=1S/C10H17N5O/c11-8-5-9(14-10(12)13-8)15-3-1-7(6-16)2-4-15/h5,7,16H,1-4,6H2,(H4,11,12,13,14). The quantitative estimate of drug-likeness (QED) is 0.644. The molecular formula is C10H17N5O. The molecule has 1 aromatic heterocycles. The van der Waals surface area contributed by atoms with Crippen LogP contribution in [0.15, 0.2) is 6.07 Å². The fraction of sp³-hybridized carbons (Fsp3) is 0.600. The van der Waals surface area contributed by atoms with Gasteiger partial charge in [0.25, 0.3) is 0 Å². The number of aromatic nitrogens is 2. The number of rotatable bonds is 2. The summed E-state index contributed by atoms with van der Waals surface area (Å²) in [4.78, 5) is 10.1. The molecule has 0 radical (unpaired) electrons. The molecule has 6 nitrogen and oxygen atoms in total. The van der Waals surface area contributed by atoms with Gasteiger partial charge in [0.05, 0.1) is 0 Å². The predicted molar refractivity (Wildman–Crippen MR) is 62.9 cm³/mol. The summed E-state index contributed by atoms with van der Waals surface area (Å²) < 4.78 is 0. The van der Waals surface area contributed by atoms with Gasteiger partial charge in [0, 0.05) is 25.8 Å². The highest BCUT2D eigenvalue weighted by Gasteiger charge is 2.19. The molecule has 0 aliphatic carbocycles. The molecule has 6 heteroatoms. The minimum atomic E-state index is 0.208. The lowest BCUT2D eigenvalue weighted by Gasteiger charge is -2.31. The molecule has 0 amide bonds. The van der Waals surface area contributed by atoms with Gasteiger partial charge in [-0.25, -0.2) is 0 Å². The van der Waals surface area contributed by atoms with Crippen LogP contribution in [0.5, 0.6) is 0 Å². The van der Waals surface area contributed by atoms with Gasteiger partial charge in [-0.15, -0.1) is 0 Å². The molecule has 0 saturated carbocycles. The normalized spacial score (nSPS) is 17.7. The van der Waals surface area contributed by atoms with Crippen LogP contribution in [0.25, 0.3) is 0 Å². The molecule has 2 heterocycles. The first-order valence-electron chi connectivity index (χ1n) is 5.45. The van der Waals surface area contributed by atoms with Gasteiger partial charge in [0.15, 0.2) is 0 Å². The monoisotopic (exact) mass is 223 g/mol. The molecule has 1 aliphatic heterocycles. The van der Waals surface area contributed by atoms with Gasteiger partial charge in [-0.2, -0.15) is 9.97 Å². The Kier molecular flexibility index (Phi) is 3.09. The van der Waals surface area contributed by atoms with E-state index in [2.05, 4.69) is 14.9 Å². The number of hydrogen-bond donors (Lipinski definition) is 3. The number of nitrogens with zero attached hydrogens (tertiary/aromatic N) is 3. The number of anilines is 3. The molecule has 1 aliphatic rings. The second kappa shape index (κ2) is 4.52. The molecule has 0 bridgehead atoms. The van der Waals surface area contributed by atoms with Crippen molar-refractivity contribution in [3.63, 3.8) is 0 Å². The van der Waals surface area contributed by atoms with E-state index < -0.39 is 0 Å². The van der Waals surface area contributed by atoms with Gasteiger partial charge < -0.3 is 21.5 Å². The van der Waals surface area contributed by atoms with E-state index in [-0.39, 0.29) is 12.6 Å². The smallest absolute Gasteiger partial charge is 0.223 e. The summed E-state index contributed by atoms with van der Waals surface area (Å²) in [6.07, 6.45) is 1.95. The Hall–Kier alpha value is -1.56. The van der Waals surface area contributed by atoms with Gasteiger partial charge in [0.1, 0.15) is 11.6 Å². The first kappa shape index (κ1) is 10.9. The third kappa shape index (κ3) is 2.33. The molecule has 5 N–H and O–H groups in total. The third-order valence-corrected chi connectivity index (χ3v) is 2.95. The molecule has 88 valence electrons. The average molecular weight is 223 g/mol. The van der Waals surface area contributed by atoms with E-state index >= 15 is 0 Å². The Labute approximate surface area is 94.3 Å². The van der Waals surface area contributed by atoms with Crippen molar-refractivity contribution in [3.8, 4) is 0 Å². The molecule has 16 heavy (non-hydrogen) atoms. The maximum Gasteiger partial charge on any atom is 0.223 e. The first-order chi connectivity index (χ1) is 7.69. The van der Waals surface area contributed by atoms with Crippen molar-refractivity contribution >= 4 is 17.6 Å². The van der Waals surface area contributed by atoms with E-state index in [1.54, 1.807) is 6.07 Å². The number of hydrogen-bond acceptors (Lipinski definition) is 6. The summed E-state index contributed by atoms with van der Waals surface area (Å²) in [7, 11) is 0. The minimum absolute atomic E-state index is 0.208. The van der Waals surface area contributed by atoms with E-state index in [1.807, 2.05) is 0 Å². The third-order valence-electron chi connectivity index (χ3n) is 2.95. The molecule has 0 atom stereocenters. The SMILES string of the molecule is Nc1cc(N2CCC(CO)CC2)nc(N)n1. The highest BCUT2D eigenvalue weighted by Crippen LogP contribution is 2.22. The van der Waals surface area contributed by atoms with Crippen LogP contribution in [0.2, 0.25) is 0 Å². The maximum atomic E-state index is 9.05. The summed E-state index contributed by atoms with van der Waals surface area (Å²) in [5, 5.41) is 9.05. The lowest BCUT2D eigenvalue weighted by atomic mass is 9.98. The van der Waals surface area contributed by atoms with Gasteiger partial charge in [-0.1, -0.05) is 0 Å². The van der Waals surface area contributed by atoms with Gasteiger partial charge in [-0.05, 0) is 18.8 Å². The van der Waals surface area contributed by atoms with Crippen molar-refractivity contribution in [1.29, 1.82) is 0 Å². The highest BCUT2D eigenvalue weighted by molar-refractivity contribution is 5.50. The van der Waals surface area contributed by atoms with Crippen LogP contribution in [0.3, 0.4) is 0 Å². The van der Waals surface area contributed by atoms with E-state index in [1.165, 1.54) is 0 Å². The topological polar surface area (TPSA) is 101 Å². The Morgan fingerprint density at radius 1 is 1.31 bits per heavy atom. The van der Waals surface area contributed by atoms with Gasteiger partial charge in [0.2, 0.25) is 5.95 Å². The zero-order valence-corrected chi connectivity index (χ0v) is 9.13. The van der Waals surface area contributed by atoms with Crippen molar-refractivity contribution in [2.24, 2.45) is 5.92 Å². The Morgan fingerprint density at radius 2 is 2.00 bits per heavy atom. The summed E-state index contributed by atoms with van der Waals surface area (Å²) in [5.41, 5.74) is 11.2. The van der Waals surface area contributed by atoms with Gasteiger partial charge in [-0.3, -0.25) is 0 Å². The number of piperidine rings is 1. The van der Waals surface area contributed by atoms with Crippen LogP contribution in [-0.4, -0.2) is 34.8 Å². The van der Waals surface area contributed by atoms with E-state index in [0.717, 1.165) is 31.7 Å². The molecule has 1 saturated heterocycles. The minimum Gasteiger partial charge on any atom is -0.396 e. The Bertz CT molecular complexity index is 342. The summed E-state index contributed by atoms with van der Waals surface area (Å²) >= 11 is 0. The number of aliphatic hydroxyl groups excluding tert-OH is 1. The van der Waals surface area contributed by atoms with Crippen LogP contribution in [0.4, 0.5) is 17.6 Å². The fourth-order valence-electron chi connectivity index (χ4n) is 1.98. The Balaban J connectivity index is 2.08. The zero-order chi connectivity index (χ0) is 11.5. The average Bonchev–Trinajstić information content (AvgIpc) is 2.28. The summed E-state index contributed by atoms with van der Waals surface area (Å²) in [6, 6.07) is 1.73. The van der Waals surface area contributed by atoms with Crippen LogP contribution in [0.1, 0.15) is 12.8 Å². The van der Waals surface area contributed by atoms with E-state index in [9.17, 15) is 0 Å². The van der Waals surface area contributed by atoms with Crippen LogP contribution in [0, 0.1) is 5.92 Å². The van der Waals surface area contributed by atoms with Crippen molar-refractivity contribution in [3.05, 3.63) is 6.07 Å². The van der Waals surface area contributed by atoms with Crippen LogP contribution in [-0.2, 0) is 0 Å². The van der Waals surface area contributed by atoms with Crippen molar-refractivity contribution in [2.45, 2.75) is 12.8 Å². The largest absolute Gasteiger partial charge is 0.396 e. The van der Waals surface area contributed by atoms with Crippen LogP contribution < -0.4 is 16.4 Å². The van der Waals surface area contributed by atoms with E-state index in [4.69, 9.17) is 16.6 Å². The number of aliphatic hydroxyl groups is 1. The Morgan fingerprint density at radius 3 is 2.56 bits per heavy atom. The lowest BCUT2D eigenvalue weighted by Crippen LogP contribution is -2.35. The maximum absolute atomic E-state index is 9.05. The molecule has 0 aromatic carbocycles. The molecule has 1 fully saturated rings. The molecular weight excluding hydrogens is 206 g/mol. The first-order valence-corrected chi connectivity index (χ1v) is 5.45. The fourth-order valence-corrected chi connectivity index (χ4v) is 1.98. The van der Waals surface area contributed by atoms with Crippen LogP contribution >= 0.6 is 0 Å². The number of nitrogens with two attached hydrogens (primary N) is 2. The molecule has 0 spiro atoms.